The molecule has 136 valence electrons. The van der Waals surface area contributed by atoms with Gasteiger partial charge in [-0.25, -0.2) is 4.79 Å². The summed E-state index contributed by atoms with van der Waals surface area (Å²) in [7, 11) is 0. The van der Waals surface area contributed by atoms with E-state index in [-0.39, 0.29) is 29.6 Å². The molecule has 0 bridgehead atoms. The van der Waals surface area contributed by atoms with E-state index < -0.39 is 0 Å². The van der Waals surface area contributed by atoms with Crippen molar-refractivity contribution in [1.29, 1.82) is 0 Å². The molecule has 5 heteroatoms. The zero-order chi connectivity index (χ0) is 18.7. The van der Waals surface area contributed by atoms with Crippen LogP contribution in [0.25, 0.3) is 10.8 Å². The van der Waals surface area contributed by atoms with Crippen LogP contribution in [0.1, 0.15) is 32.6 Å². The van der Waals surface area contributed by atoms with E-state index in [1.807, 2.05) is 24.3 Å². The molecular weight excluding hydrogens is 330 g/mol. The normalized spacial score (nSPS) is 19.7. The number of fused-ring (bicyclic) bond motifs is 1. The Morgan fingerprint density at radius 1 is 1.08 bits per heavy atom. The van der Waals surface area contributed by atoms with Crippen molar-refractivity contribution in [3.8, 4) is 5.75 Å². The summed E-state index contributed by atoms with van der Waals surface area (Å²) in [5.41, 5.74) is 1.09. The number of hydrogen-bond acceptors (Lipinski definition) is 4. The molecule has 0 saturated heterocycles. The van der Waals surface area contributed by atoms with Crippen molar-refractivity contribution in [3.05, 3.63) is 48.6 Å². The molecule has 0 unspecified atom stereocenters. The lowest BCUT2D eigenvalue weighted by molar-refractivity contribution is -0.146. The molecule has 26 heavy (non-hydrogen) atoms. The fourth-order valence-electron chi connectivity index (χ4n) is 3.33. The predicted molar refractivity (Wildman–Crippen MR) is 101 cm³/mol. The lowest BCUT2D eigenvalue weighted by Gasteiger charge is -2.27. The Labute approximate surface area is 152 Å². The van der Waals surface area contributed by atoms with E-state index in [4.69, 9.17) is 4.74 Å². The summed E-state index contributed by atoms with van der Waals surface area (Å²) in [4.78, 5) is 24.2. The molecule has 2 aromatic rings. The molecule has 0 aliphatic heterocycles. The van der Waals surface area contributed by atoms with Crippen LogP contribution in [0.3, 0.4) is 0 Å². The second kappa shape index (κ2) is 7.60. The Balaban J connectivity index is 1.63. The third kappa shape index (κ3) is 3.87. The van der Waals surface area contributed by atoms with Crippen LogP contribution in [0, 0.1) is 5.92 Å². The average Bonchev–Trinajstić information content (AvgIpc) is 2.63. The first kappa shape index (κ1) is 18.0. The van der Waals surface area contributed by atoms with Gasteiger partial charge in [0.1, 0.15) is 11.9 Å². The Bertz CT molecular complexity index is 850. The van der Waals surface area contributed by atoms with Gasteiger partial charge in [0.05, 0.1) is 0 Å². The molecule has 2 N–H and O–H groups in total. The van der Waals surface area contributed by atoms with Crippen LogP contribution < -0.4 is 5.32 Å². The zero-order valence-corrected chi connectivity index (χ0v) is 14.8. The Morgan fingerprint density at radius 2 is 1.73 bits per heavy atom. The van der Waals surface area contributed by atoms with E-state index in [2.05, 4.69) is 11.9 Å². The van der Waals surface area contributed by atoms with E-state index in [0.29, 0.717) is 42.3 Å². The maximum Gasteiger partial charge on any atom is 0.333 e. The highest BCUT2D eigenvalue weighted by Gasteiger charge is 2.28. The minimum atomic E-state index is -0.367. The number of carbonyl (C=O) groups excluding carboxylic acids is 2. The van der Waals surface area contributed by atoms with E-state index in [9.17, 15) is 14.7 Å². The van der Waals surface area contributed by atoms with Crippen molar-refractivity contribution >= 4 is 28.3 Å². The molecule has 1 amide bonds. The number of benzene rings is 2. The number of amides is 1. The third-order valence-corrected chi connectivity index (χ3v) is 4.82. The van der Waals surface area contributed by atoms with Crippen LogP contribution in [-0.2, 0) is 14.3 Å². The molecule has 0 heterocycles. The van der Waals surface area contributed by atoms with Gasteiger partial charge in [0, 0.05) is 28.0 Å². The molecule has 5 nitrogen and oxygen atoms in total. The van der Waals surface area contributed by atoms with Crippen LogP contribution in [0.2, 0.25) is 0 Å². The number of carbonyl (C=O) groups is 2. The smallest absolute Gasteiger partial charge is 0.333 e. The van der Waals surface area contributed by atoms with Gasteiger partial charge in [0.15, 0.2) is 0 Å². The van der Waals surface area contributed by atoms with Crippen LogP contribution in [-0.4, -0.2) is 23.1 Å². The summed E-state index contributed by atoms with van der Waals surface area (Å²) < 4.78 is 5.37. The fourth-order valence-corrected chi connectivity index (χ4v) is 3.33. The molecule has 0 atom stereocenters. The van der Waals surface area contributed by atoms with Crippen molar-refractivity contribution in [1.82, 2.24) is 0 Å². The predicted octanol–water partition coefficient (Wildman–Crippen LogP) is 4.16. The van der Waals surface area contributed by atoms with Gasteiger partial charge in [-0.2, -0.15) is 0 Å². The van der Waals surface area contributed by atoms with E-state index in [1.54, 1.807) is 19.1 Å². The van der Waals surface area contributed by atoms with Gasteiger partial charge in [0.25, 0.3) is 0 Å². The summed E-state index contributed by atoms with van der Waals surface area (Å²) in [6.07, 6.45) is 2.56. The summed E-state index contributed by atoms with van der Waals surface area (Å²) >= 11 is 0. The third-order valence-electron chi connectivity index (χ3n) is 4.82. The number of phenolic OH excluding ortho intramolecular Hbond substituents is 1. The molecule has 0 aromatic heterocycles. The van der Waals surface area contributed by atoms with Gasteiger partial charge < -0.3 is 15.2 Å². The van der Waals surface area contributed by atoms with Crippen LogP contribution in [0.5, 0.6) is 5.75 Å². The molecule has 0 radical (unpaired) electrons. The molecule has 3 rings (SSSR count). The number of phenols is 1. The van der Waals surface area contributed by atoms with E-state index >= 15 is 0 Å². The van der Waals surface area contributed by atoms with Gasteiger partial charge in [0.2, 0.25) is 5.91 Å². The second-order valence-corrected chi connectivity index (χ2v) is 6.83. The summed E-state index contributed by atoms with van der Waals surface area (Å²) in [5.74, 6) is -0.320. The van der Waals surface area contributed by atoms with Crippen molar-refractivity contribution in [3.63, 3.8) is 0 Å². The molecule has 1 saturated carbocycles. The van der Waals surface area contributed by atoms with Crippen LogP contribution in [0.4, 0.5) is 5.69 Å². The van der Waals surface area contributed by atoms with Crippen LogP contribution in [0.15, 0.2) is 48.6 Å². The van der Waals surface area contributed by atoms with Gasteiger partial charge in [-0.1, -0.05) is 30.8 Å². The molecule has 1 fully saturated rings. The summed E-state index contributed by atoms with van der Waals surface area (Å²) in [5, 5.41) is 14.5. The highest BCUT2D eigenvalue weighted by Crippen LogP contribution is 2.32. The van der Waals surface area contributed by atoms with Gasteiger partial charge in [-0.05, 0) is 44.7 Å². The van der Waals surface area contributed by atoms with Gasteiger partial charge >= 0.3 is 5.97 Å². The van der Waals surface area contributed by atoms with Crippen molar-refractivity contribution in [2.45, 2.75) is 38.7 Å². The summed E-state index contributed by atoms with van der Waals surface area (Å²) in [6, 6.07) is 10.7. The molecule has 0 spiro atoms. The molecular formula is C21H23NO4. The lowest BCUT2D eigenvalue weighted by atomic mass is 9.86. The topological polar surface area (TPSA) is 75.6 Å². The van der Waals surface area contributed by atoms with Gasteiger partial charge in [-0.3, -0.25) is 4.79 Å². The molecule has 1 aliphatic rings. The highest BCUT2D eigenvalue weighted by atomic mass is 16.5. The number of ether oxygens (including phenoxy) is 1. The quantitative estimate of drug-likeness (QED) is 0.639. The SMILES string of the molecule is C=C(C)C(=O)OC1CCC(C(=O)Nc2cccc3c(O)cccc23)CC1. The minimum absolute atomic E-state index is 0.0366. The molecule has 1 aliphatic carbocycles. The first-order chi connectivity index (χ1) is 12.5. The average molecular weight is 353 g/mol. The van der Waals surface area contributed by atoms with Crippen molar-refractivity contribution in [2.75, 3.05) is 5.32 Å². The second-order valence-electron chi connectivity index (χ2n) is 6.83. The molecule has 2 aromatic carbocycles. The van der Waals surface area contributed by atoms with Crippen LogP contribution >= 0.6 is 0 Å². The largest absolute Gasteiger partial charge is 0.507 e. The van der Waals surface area contributed by atoms with E-state index in [0.717, 1.165) is 5.39 Å². The zero-order valence-electron chi connectivity index (χ0n) is 14.8. The lowest BCUT2D eigenvalue weighted by Crippen LogP contribution is -2.31. The van der Waals surface area contributed by atoms with Crippen molar-refractivity contribution in [2.24, 2.45) is 5.92 Å². The highest BCUT2D eigenvalue weighted by molar-refractivity contribution is 6.04. The van der Waals surface area contributed by atoms with Gasteiger partial charge in [-0.15, -0.1) is 0 Å². The van der Waals surface area contributed by atoms with E-state index in [1.165, 1.54) is 0 Å². The Kier molecular flexibility index (Phi) is 5.26. The summed E-state index contributed by atoms with van der Waals surface area (Å²) in [6.45, 7) is 5.21. The number of nitrogens with one attached hydrogen (secondary N) is 1. The maximum atomic E-state index is 12.6. The first-order valence-electron chi connectivity index (χ1n) is 8.83. The number of rotatable bonds is 4. The maximum absolute atomic E-state index is 12.6. The monoisotopic (exact) mass is 353 g/mol. The first-order valence-corrected chi connectivity index (χ1v) is 8.83. The Hall–Kier alpha value is -2.82. The fraction of sp³-hybridized carbons (Fsp3) is 0.333. The standard InChI is InChI=1S/C21H23NO4/c1-13(2)21(25)26-15-11-9-14(10-12-15)20(24)22-18-7-3-6-17-16(18)5-4-8-19(17)23/h3-8,14-15,23H,1,9-12H2,2H3,(H,22,24). The minimum Gasteiger partial charge on any atom is -0.507 e. The van der Waals surface area contributed by atoms with Crippen molar-refractivity contribution < 1.29 is 19.4 Å². The number of aromatic hydroxyl groups is 1. The number of anilines is 1. The number of esters is 1. The Morgan fingerprint density at radius 3 is 2.42 bits per heavy atom. The number of hydrogen-bond donors (Lipinski definition) is 2.